The van der Waals surface area contributed by atoms with E-state index in [0.717, 1.165) is 4.47 Å². The summed E-state index contributed by atoms with van der Waals surface area (Å²) < 4.78 is 6.46. The van der Waals surface area contributed by atoms with Crippen molar-refractivity contribution in [1.29, 1.82) is 0 Å². The van der Waals surface area contributed by atoms with Crippen molar-refractivity contribution in [2.45, 2.75) is 46.4 Å². The summed E-state index contributed by atoms with van der Waals surface area (Å²) in [5.41, 5.74) is 3.21. The van der Waals surface area contributed by atoms with Crippen LogP contribution in [-0.4, -0.2) is 16.6 Å². The predicted octanol–water partition coefficient (Wildman–Crippen LogP) is 4.01. The average Bonchev–Trinajstić information content (AvgIpc) is 2.58. The topological polar surface area (TPSA) is 29.5 Å². The van der Waals surface area contributed by atoms with Gasteiger partial charge in [0.25, 0.3) is 0 Å². The largest absolute Gasteiger partial charge is 0.444 e. The van der Waals surface area contributed by atoms with Crippen LogP contribution in [0.2, 0.25) is 0 Å². The van der Waals surface area contributed by atoms with Crippen LogP contribution >= 0.6 is 15.9 Å². The van der Waals surface area contributed by atoms with Gasteiger partial charge in [-0.25, -0.2) is 4.79 Å². The molecule has 0 bridgehead atoms. The molecule has 0 saturated carbocycles. The lowest BCUT2D eigenvalue weighted by atomic mass is 10.1. The van der Waals surface area contributed by atoms with E-state index in [1.807, 2.05) is 20.8 Å². The highest BCUT2D eigenvalue weighted by atomic mass is 79.9. The fourth-order valence-electron chi connectivity index (χ4n) is 2.12. The molecule has 1 heterocycles. The molecule has 98 valence electrons. The monoisotopic (exact) mass is 311 g/mol. The number of nitrogens with zero attached hydrogens (tertiary/aromatic N) is 1. The zero-order chi connectivity index (χ0) is 13.5. The lowest BCUT2D eigenvalue weighted by Crippen LogP contribution is -2.33. The molecule has 0 atom stereocenters. The van der Waals surface area contributed by atoms with Gasteiger partial charge >= 0.3 is 6.09 Å². The van der Waals surface area contributed by atoms with Gasteiger partial charge in [-0.3, -0.25) is 4.90 Å². The average molecular weight is 312 g/mol. The van der Waals surface area contributed by atoms with Gasteiger partial charge in [-0.15, -0.1) is 0 Å². The van der Waals surface area contributed by atoms with E-state index >= 15 is 0 Å². The van der Waals surface area contributed by atoms with Crippen molar-refractivity contribution < 1.29 is 9.53 Å². The summed E-state index contributed by atoms with van der Waals surface area (Å²) in [4.78, 5) is 13.8. The summed E-state index contributed by atoms with van der Waals surface area (Å²) in [6, 6.07) is 4.16. The van der Waals surface area contributed by atoms with Gasteiger partial charge in [0.15, 0.2) is 0 Å². The van der Waals surface area contributed by atoms with Crippen LogP contribution < -0.4 is 0 Å². The van der Waals surface area contributed by atoms with E-state index < -0.39 is 5.60 Å². The van der Waals surface area contributed by atoms with Crippen LogP contribution in [0.25, 0.3) is 0 Å². The number of rotatable bonds is 0. The third-order valence-corrected chi connectivity index (χ3v) is 3.35. The fourth-order valence-corrected chi connectivity index (χ4v) is 2.74. The minimum Gasteiger partial charge on any atom is -0.444 e. The SMILES string of the molecule is Cc1cc(Br)cc2c1CN(C(=O)OC(C)(C)C)C2. The van der Waals surface area contributed by atoms with Gasteiger partial charge in [-0.2, -0.15) is 0 Å². The molecule has 1 aliphatic rings. The van der Waals surface area contributed by atoms with E-state index in [9.17, 15) is 4.79 Å². The van der Waals surface area contributed by atoms with Gasteiger partial charge in [-0.05, 0) is 56.5 Å². The van der Waals surface area contributed by atoms with Gasteiger partial charge in [0.05, 0.1) is 0 Å². The highest BCUT2D eigenvalue weighted by Gasteiger charge is 2.28. The molecule has 0 unspecified atom stereocenters. The molecule has 1 amide bonds. The van der Waals surface area contributed by atoms with Crippen LogP contribution in [0.5, 0.6) is 0 Å². The summed E-state index contributed by atoms with van der Waals surface area (Å²) >= 11 is 3.49. The number of hydrogen-bond donors (Lipinski definition) is 0. The molecule has 3 nitrogen and oxygen atoms in total. The Balaban J connectivity index is 2.15. The highest BCUT2D eigenvalue weighted by Crippen LogP contribution is 2.30. The molecule has 18 heavy (non-hydrogen) atoms. The molecular formula is C14H18BrNO2. The Kier molecular flexibility index (Phi) is 3.41. The summed E-state index contributed by atoms with van der Waals surface area (Å²) in [7, 11) is 0. The number of ether oxygens (including phenoxy) is 1. The number of fused-ring (bicyclic) bond motifs is 1. The zero-order valence-corrected chi connectivity index (χ0v) is 12.8. The van der Waals surface area contributed by atoms with Crippen molar-refractivity contribution >= 4 is 22.0 Å². The van der Waals surface area contributed by atoms with Crippen molar-refractivity contribution in [3.8, 4) is 0 Å². The normalized spacial score (nSPS) is 14.6. The van der Waals surface area contributed by atoms with Crippen molar-refractivity contribution in [2.24, 2.45) is 0 Å². The molecule has 0 N–H and O–H groups in total. The molecule has 0 saturated heterocycles. The first-order valence-corrected chi connectivity index (χ1v) is 6.81. The Morgan fingerprint density at radius 1 is 1.33 bits per heavy atom. The second-order valence-corrected chi connectivity index (χ2v) is 6.61. The van der Waals surface area contributed by atoms with E-state index in [0.29, 0.717) is 13.1 Å². The molecule has 0 aromatic heterocycles. The number of hydrogen-bond acceptors (Lipinski definition) is 2. The molecule has 0 aliphatic carbocycles. The third kappa shape index (κ3) is 2.86. The maximum Gasteiger partial charge on any atom is 0.410 e. The van der Waals surface area contributed by atoms with Gasteiger partial charge in [0, 0.05) is 17.6 Å². The summed E-state index contributed by atoms with van der Waals surface area (Å²) in [5, 5.41) is 0. The van der Waals surface area contributed by atoms with Gasteiger partial charge in [0.2, 0.25) is 0 Å². The van der Waals surface area contributed by atoms with Crippen molar-refractivity contribution in [3.63, 3.8) is 0 Å². The molecule has 1 aliphatic heterocycles. The second-order valence-electron chi connectivity index (χ2n) is 5.70. The van der Waals surface area contributed by atoms with Crippen LogP contribution in [0.15, 0.2) is 16.6 Å². The molecule has 2 rings (SSSR count). The van der Waals surface area contributed by atoms with Crippen molar-refractivity contribution in [3.05, 3.63) is 33.3 Å². The van der Waals surface area contributed by atoms with Crippen molar-refractivity contribution in [1.82, 2.24) is 4.90 Å². The molecule has 0 spiro atoms. The minimum absolute atomic E-state index is 0.241. The van der Waals surface area contributed by atoms with E-state index in [4.69, 9.17) is 4.74 Å². The minimum atomic E-state index is -0.443. The molecule has 4 heteroatoms. The Bertz CT molecular complexity index is 491. The summed E-state index contributed by atoms with van der Waals surface area (Å²) in [5.74, 6) is 0. The Morgan fingerprint density at radius 2 is 2.00 bits per heavy atom. The fraction of sp³-hybridized carbons (Fsp3) is 0.500. The maximum absolute atomic E-state index is 12.0. The Labute approximate surface area is 116 Å². The predicted molar refractivity (Wildman–Crippen MR) is 74.4 cm³/mol. The van der Waals surface area contributed by atoms with Crippen LogP contribution in [0.3, 0.4) is 0 Å². The summed E-state index contributed by atoms with van der Waals surface area (Å²) in [6.07, 6.45) is -0.241. The number of amides is 1. The van der Waals surface area contributed by atoms with Crippen LogP contribution in [0.4, 0.5) is 4.79 Å². The number of aryl methyl sites for hydroxylation is 1. The van der Waals surface area contributed by atoms with Crippen LogP contribution in [0, 0.1) is 6.92 Å². The van der Waals surface area contributed by atoms with E-state index in [2.05, 4.69) is 35.0 Å². The number of carbonyl (C=O) groups is 1. The first kappa shape index (κ1) is 13.4. The van der Waals surface area contributed by atoms with E-state index in [1.165, 1.54) is 16.7 Å². The Morgan fingerprint density at radius 3 is 2.61 bits per heavy atom. The highest BCUT2D eigenvalue weighted by molar-refractivity contribution is 9.10. The molecule has 1 aromatic carbocycles. The lowest BCUT2D eigenvalue weighted by molar-refractivity contribution is 0.0241. The first-order chi connectivity index (χ1) is 8.26. The Hall–Kier alpha value is -1.03. The molecule has 0 fully saturated rings. The standard InChI is InChI=1S/C14H18BrNO2/c1-9-5-11(15)6-10-7-16(8-12(9)10)13(17)18-14(2,3)4/h5-6H,7-8H2,1-4H3. The number of carbonyl (C=O) groups excluding carboxylic acids is 1. The smallest absolute Gasteiger partial charge is 0.410 e. The number of benzene rings is 1. The van der Waals surface area contributed by atoms with Gasteiger partial charge in [-0.1, -0.05) is 15.9 Å². The number of halogens is 1. The quantitative estimate of drug-likeness (QED) is 0.724. The van der Waals surface area contributed by atoms with Gasteiger partial charge in [0.1, 0.15) is 5.60 Å². The van der Waals surface area contributed by atoms with Crippen LogP contribution in [-0.2, 0) is 17.8 Å². The molecular weight excluding hydrogens is 294 g/mol. The van der Waals surface area contributed by atoms with E-state index in [-0.39, 0.29) is 6.09 Å². The van der Waals surface area contributed by atoms with Gasteiger partial charge < -0.3 is 4.74 Å². The van der Waals surface area contributed by atoms with Crippen molar-refractivity contribution in [2.75, 3.05) is 0 Å². The van der Waals surface area contributed by atoms with Crippen LogP contribution in [0.1, 0.15) is 37.5 Å². The molecule has 1 aromatic rings. The second kappa shape index (κ2) is 4.57. The zero-order valence-electron chi connectivity index (χ0n) is 11.2. The summed E-state index contributed by atoms with van der Waals surface area (Å²) in [6.45, 7) is 9.00. The lowest BCUT2D eigenvalue weighted by Gasteiger charge is -2.24. The molecule has 0 radical (unpaired) electrons. The maximum atomic E-state index is 12.0. The van der Waals surface area contributed by atoms with E-state index in [1.54, 1.807) is 4.90 Å². The third-order valence-electron chi connectivity index (χ3n) is 2.89. The first-order valence-electron chi connectivity index (χ1n) is 6.02.